The molecule has 1 aromatic carbocycles. The second-order valence-electron chi connectivity index (χ2n) is 5.79. The minimum Gasteiger partial charge on any atom is -0.481 e. The third kappa shape index (κ3) is 4.54. The van der Waals surface area contributed by atoms with Crippen molar-refractivity contribution in [1.29, 1.82) is 0 Å². The van der Waals surface area contributed by atoms with E-state index in [1.807, 2.05) is 0 Å². The van der Waals surface area contributed by atoms with Crippen LogP contribution in [0, 0.1) is 5.82 Å². The van der Waals surface area contributed by atoms with E-state index in [9.17, 15) is 27.5 Å². The summed E-state index contributed by atoms with van der Waals surface area (Å²) in [4.78, 5) is 16.1. The highest BCUT2D eigenvalue weighted by atomic mass is 19.4. The van der Waals surface area contributed by atoms with Crippen LogP contribution < -0.4 is 10.1 Å². The first-order valence-corrected chi connectivity index (χ1v) is 7.98. The normalized spacial score (nSPS) is 13.7. The van der Waals surface area contributed by atoms with E-state index in [1.54, 1.807) is 6.92 Å². The van der Waals surface area contributed by atoms with Crippen molar-refractivity contribution in [3.8, 4) is 5.88 Å². The average molecular weight is 386 g/mol. The Balaban J connectivity index is 2.24. The molecule has 0 radical (unpaired) electrons. The quantitative estimate of drug-likeness (QED) is 0.749. The maximum atomic E-state index is 13.1. The number of ether oxygens (including phenoxy) is 1. The van der Waals surface area contributed by atoms with E-state index >= 15 is 0 Å². The van der Waals surface area contributed by atoms with E-state index in [2.05, 4.69) is 10.3 Å². The zero-order valence-corrected chi connectivity index (χ0v) is 14.6. The number of benzene rings is 1. The van der Waals surface area contributed by atoms with Crippen LogP contribution in [0.5, 0.6) is 5.88 Å². The van der Waals surface area contributed by atoms with Crippen LogP contribution in [-0.2, 0) is 23.1 Å². The SMILES string of the molecule is CC[C@](O)(C(=O)NCc1cc(C(F)(F)F)cnc1OC)c1ccc(F)cc1. The van der Waals surface area contributed by atoms with Crippen molar-refractivity contribution < 1.29 is 32.2 Å². The first-order valence-electron chi connectivity index (χ1n) is 7.98. The van der Waals surface area contributed by atoms with Gasteiger partial charge >= 0.3 is 6.18 Å². The number of amides is 1. The Morgan fingerprint density at radius 3 is 2.37 bits per heavy atom. The number of alkyl halides is 3. The molecule has 0 unspecified atom stereocenters. The number of aliphatic hydroxyl groups is 1. The monoisotopic (exact) mass is 386 g/mol. The maximum absolute atomic E-state index is 13.1. The molecular formula is C18H18F4N2O3. The lowest BCUT2D eigenvalue weighted by atomic mass is 9.90. The first kappa shape index (κ1) is 20.6. The van der Waals surface area contributed by atoms with Crippen molar-refractivity contribution in [2.75, 3.05) is 7.11 Å². The molecule has 0 aliphatic rings. The Morgan fingerprint density at radius 1 is 1.22 bits per heavy atom. The summed E-state index contributed by atoms with van der Waals surface area (Å²) in [7, 11) is 1.24. The van der Waals surface area contributed by atoms with E-state index in [0.29, 0.717) is 6.20 Å². The molecule has 0 aliphatic heterocycles. The number of hydrogen-bond acceptors (Lipinski definition) is 4. The molecule has 0 spiro atoms. The molecule has 2 aromatic rings. The van der Waals surface area contributed by atoms with Gasteiger partial charge in [0.1, 0.15) is 5.82 Å². The molecule has 0 saturated carbocycles. The van der Waals surface area contributed by atoms with Crippen molar-refractivity contribution in [2.24, 2.45) is 0 Å². The Morgan fingerprint density at radius 2 is 1.85 bits per heavy atom. The van der Waals surface area contributed by atoms with E-state index < -0.39 is 29.1 Å². The van der Waals surface area contributed by atoms with E-state index in [0.717, 1.165) is 18.2 Å². The number of carbonyl (C=O) groups excluding carboxylic acids is 1. The Labute approximate surface area is 153 Å². The Kier molecular flexibility index (Phi) is 6.04. The van der Waals surface area contributed by atoms with Crippen LogP contribution in [-0.4, -0.2) is 23.1 Å². The van der Waals surface area contributed by atoms with Gasteiger partial charge in [0.15, 0.2) is 5.60 Å². The number of rotatable bonds is 6. The summed E-state index contributed by atoms with van der Waals surface area (Å²) in [5, 5.41) is 13.1. The molecule has 1 amide bonds. The van der Waals surface area contributed by atoms with Gasteiger partial charge in [0.25, 0.3) is 5.91 Å². The van der Waals surface area contributed by atoms with Crippen LogP contribution in [0.1, 0.15) is 30.0 Å². The summed E-state index contributed by atoms with van der Waals surface area (Å²) in [5.74, 6) is -1.45. The number of aromatic nitrogens is 1. The van der Waals surface area contributed by atoms with Crippen molar-refractivity contribution in [3.05, 3.63) is 59.0 Å². The molecule has 0 aliphatic carbocycles. The predicted octanol–water partition coefficient (Wildman–Crippen LogP) is 3.16. The molecule has 2 rings (SSSR count). The average Bonchev–Trinajstić information content (AvgIpc) is 2.64. The Hall–Kier alpha value is -2.68. The lowest BCUT2D eigenvalue weighted by Crippen LogP contribution is -2.43. The molecule has 0 saturated heterocycles. The first-order chi connectivity index (χ1) is 12.6. The fourth-order valence-electron chi connectivity index (χ4n) is 2.51. The molecule has 0 bridgehead atoms. The standard InChI is InChI=1S/C18H18F4N2O3/c1-3-17(26,12-4-6-14(19)7-5-12)16(25)24-9-11-8-13(18(20,21)22)10-23-15(11)27-2/h4-8,10,26H,3,9H2,1-2H3,(H,24,25)/t17-/m1/s1. The summed E-state index contributed by atoms with van der Waals surface area (Å²) in [5.41, 5.74) is -2.79. The minimum atomic E-state index is -4.60. The smallest absolute Gasteiger partial charge is 0.417 e. The van der Waals surface area contributed by atoms with Crippen molar-refractivity contribution in [1.82, 2.24) is 10.3 Å². The van der Waals surface area contributed by atoms with Crippen LogP contribution in [0.4, 0.5) is 17.6 Å². The number of nitrogens with one attached hydrogen (secondary N) is 1. The highest BCUT2D eigenvalue weighted by Crippen LogP contribution is 2.31. The van der Waals surface area contributed by atoms with Crippen molar-refractivity contribution in [3.63, 3.8) is 0 Å². The summed E-state index contributed by atoms with van der Waals surface area (Å²) < 4.78 is 56.6. The maximum Gasteiger partial charge on any atom is 0.417 e. The van der Waals surface area contributed by atoms with E-state index in [1.165, 1.54) is 19.2 Å². The predicted molar refractivity (Wildman–Crippen MR) is 88.2 cm³/mol. The van der Waals surface area contributed by atoms with E-state index in [4.69, 9.17) is 4.74 Å². The second-order valence-corrected chi connectivity index (χ2v) is 5.79. The summed E-state index contributed by atoms with van der Waals surface area (Å²) in [6.45, 7) is 1.21. The zero-order chi connectivity index (χ0) is 20.2. The molecule has 1 atom stereocenters. The fraction of sp³-hybridized carbons (Fsp3) is 0.333. The van der Waals surface area contributed by atoms with Gasteiger partial charge in [0.2, 0.25) is 5.88 Å². The van der Waals surface area contributed by atoms with Crippen LogP contribution >= 0.6 is 0 Å². The summed E-state index contributed by atoms with van der Waals surface area (Å²) in [6.07, 6.45) is -4.00. The largest absolute Gasteiger partial charge is 0.481 e. The second kappa shape index (κ2) is 7.91. The number of hydrogen-bond donors (Lipinski definition) is 2. The Bertz CT molecular complexity index is 809. The minimum absolute atomic E-state index is 0.00164. The highest BCUT2D eigenvalue weighted by Gasteiger charge is 2.36. The van der Waals surface area contributed by atoms with Gasteiger partial charge in [-0.1, -0.05) is 19.1 Å². The van der Waals surface area contributed by atoms with Gasteiger partial charge in [-0.15, -0.1) is 0 Å². The number of carbonyl (C=O) groups is 1. The third-order valence-corrected chi connectivity index (χ3v) is 4.09. The van der Waals surface area contributed by atoms with Gasteiger partial charge in [-0.25, -0.2) is 9.37 Å². The van der Waals surface area contributed by atoms with E-state index in [-0.39, 0.29) is 30.0 Å². The molecular weight excluding hydrogens is 368 g/mol. The molecule has 0 fully saturated rings. The summed E-state index contributed by atoms with van der Waals surface area (Å²) in [6, 6.07) is 5.55. The summed E-state index contributed by atoms with van der Waals surface area (Å²) >= 11 is 0. The lowest BCUT2D eigenvalue weighted by molar-refractivity contribution is -0.141. The van der Waals surface area contributed by atoms with Gasteiger partial charge in [-0.05, 0) is 30.2 Å². The molecule has 9 heteroatoms. The number of methoxy groups -OCH3 is 1. The van der Waals surface area contributed by atoms with Crippen molar-refractivity contribution in [2.45, 2.75) is 31.7 Å². The molecule has 27 heavy (non-hydrogen) atoms. The molecule has 146 valence electrons. The topological polar surface area (TPSA) is 71.5 Å². The van der Waals surface area contributed by atoms with Gasteiger partial charge in [-0.2, -0.15) is 13.2 Å². The van der Waals surface area contributed by atoms with Gasteiger partial charge < -0.3 is 15.2 Å². The fourth-order valence-corrected chi connectivity index (χ4v) is 2.51. The molecule has 5 nitrogen and oxygen atoms in total. The van der Waals surface area contributed by atoms with Crippen LogP contribution in [0.25, 0.3) is 0 Å². The van der Waals surface area contributed by atoms with Gasteiger partial charge in [0.05, 0.1) is 12.7 Å². The van der Waals surface area contributed by atoms with Crippen LogP contribution in [0.15, 0.2) is 36.5 Å². The van der Waals surface area contributed by atoms with Gasteiger partial charge in [0, 0.05) is 18.3 Å². The highest BCUT2D eigenvalue weighted by molar-refractivity contribution is 5.86. The third-order valence-electron chi connectivity index (χ3n) is 4.09. The van der Waals surface area contributed by atoms with Crippen molar-refractivity contribution >= 4 is 5.91 Å². The number of halogens is 4. The van der Waals surface area contributed by atoms with Crippen LogP contribution in [0.3, 0.4) is 0 Å². The number of pyridine rings is 1. The zero-order valence-electron chi connectivity index (χ0n) is 14.6. The number of nitrogens with zero attached hydrogens (tertiary/aromatic N) is 1. The molecule has 1 heterocycles. The lowest BCUT2D eigenvalue weighted by Gasteiger charge is -2.26. The van der Waals surface area contributed by atoms with Gasteiger partial charge in [-0.3, -0.25) is 4.79 Å². The van der Waals surface area contributed by atoms with Crippen LogP contribution in [0.2, 0.25) is 0 Å². The molecule has 2 N–H and O–H groups in total. The molecule has 1 aromatic heterocycles.